The minimum atomic E-state index is -0.632. The molecule has 3 N–H and O–H groups in total. The van der Waals surface area contributed by atoms with Crippen LogP contribution in [0.2, 0.25) is 0 Å². The first-order valence-corrected chi connectivity index (χ1v) is 10.7. The van der Waals surface area contributed by atoms with E-state index in [1.807, 2.05) is 36.2 Å². The van der Waals surface area contributed by atoms with Crippen molar-refractivity contribution in [2.45, 2.75) is 31.8 Å². The molecule has 7 heteroatoms. The number of likely N-dealkylation sites (tertiary alicyclic amines) is 1. The predicted molar refractivity (Wildman–Crippen MR) is 121 cm³/mol. The van der Waals surface area contributed by atoms with Gasteiger partial charge in [-0.3, -0.25) is 0 Å². The smallest absolute Gasteiger partial charge is 0.319 e. The average Bonchev–Trinajstić information content (AvgIpc) is 2.75. The summed E-state index contributed by atoms with van der Waals surface area (Å²) >= 11 is 0. The Labute approximate surface area is 179 Å². The molecule has 1 aliphatic heterocycles. The van der Waals surface area contributed by atoms with Gasteiger partial charge in [-0.15, -0.1) is 0 Å². The first kappa shape index (κ1) is 22.1. The van der Waals surface area contributed by atoms with Gasteiger partial charge >= 0.3 is 6.03 Å². The van der Waals surface area contributed by atoms with Crippen LogP contribution < -0.4 is 15.5 Å². The molecule has 2 amide bonds. The van der Waals surface area contributed by atoms with Gasteiger partial charge < -0.3 is 25.5 Å². The number of anilines is 2. The maximum atomic E-state index is 12.2. The van der Waals surface area contributed by atoms with Crippen molar-refractivity contribution in [3.05, 3.63) is 54.2 Å². The Morgan fingerprint density at radius 3 is 2.67 bits per heavy atom. The monoisotopic (exact) mass is 411 g/mol. The van der Waals surface area contributed by atoms with Crippen molar-refractivity contribution in [1.82, 2.24) is 15.2 Å². The van der Waals surface area contributed by atoms with Crippen LogP contribution in [0.4, 0.5) is 16.3 Å². The summed E-state index contributed by atoms with van der Waals surface area (Å²) in [6.45, 7) is 5.91. The van der Waals surface area contributed by atoms with Gasteiger partial charge in [-0.2, -0.15) is 0 Å². The maximum absolute atomic E-state index is 12.2. The number of carbonyl (C=O) groups excluding carboxylic acids is 1. The first-order valence-electron chi connectivity index (χ1n) is 10.7. The van der Waals surface area contributed by atoms with Crippen LogP contribution in [0.15, 0.2) is 48.7 Å². The molecular weight excluding hydrogens is 378 g/mol. The van der Waals surface area contributed by atoms with E-state index in [1.165, 1.54) is 5.56 Å². The fourth-order valence-electron chi connectivity index (χ4n) is 3.72. The minimum absolute atomic E-state index is 0.219. The van der Waals surface area contributed by atoms with Crippen LogP contribution in [0.25, 0.3) is 0 Å². The molecule has 1 aliphatic rings. The Morgan fingerprint density at radius 2 is 1.97 bits per heavy atom. The lowest BCUT2D eigenvalue weighted by molar-refractivity contribution is -0.0201. The van der Waals surface area contributed by atoms with E-state index in [4.69, 9.17) is 0 Å². The van der Waals surface area contributed by atoms with E-state index < -0.39 is 5.60 Å². The van der Waals surface area contributed by atoms with Gasteiger partial charge in [0.1, 0.15) is 5.82 Å². The zero-order valence-electron chi connectivity index (χ0n) is 18.0. The summed E-state index contributed by atoms with van der Waals surface area (Å²) in [5.74, 6) is 0.826. The van der Waals surface area contributed by atoms with E-state index in [1.54, 1.807) is 12.3 Å². The lowest BCUT2D eigenvalue weighted by Gasteiger charge is -2.38. The van der Waals surface area contributed by atoms with Gasteiger partial charge in [0, 0.05) is 64.1 Å². The van der Waals surface area contributed by atoms with Gasteiger partial charge in [0.05, 0.1) is 5.60 Å². The number of rotatable bonds is 8. The number of aliphatic hydroxyl groups is 1. The normalized spacial score (nSPS) is 16.1. The summed E-state index contributed by atoms with van der Waals surface area (Å²) in [7, 11) is 1.96. The van der Waals surface area contributed by atoms with Crippen molar-refractivity contribution in [2.75, 3.05) is 50.0 Å². The molecule has 3 rings (SSSR count). The van der Waals surface area contributed by atoms with Gasteiger partial charge in [0.2, 0.25) is 0 Å². The van der Waals surface area contributed by atoms with Crippen LogP contribution in [-0.4, -0.2) is 66.4 Å². The molecule has 0 aliphatic carbocycles. The second-order valence-electron chi connectivity index (χ2n) is 8.03. The maximum Gasteiger partial charge on any atom is 0.319 e. The summed E-state index contributed by atoms with van der Waals surface area (Å²) in [5, 5.41) is 16.7. The number of aromatic nitrogens is 1. The second kappa shape index (κ2) is 10.4. The molecule has 0 unspecified atom stereocenters. The SMILES string of the molecule is CCN(C)c1cc(NC(=O)NCCN2CCC(O)(Cc3ccccc3)CC2)ccn1. The molecule has 2 heterocycles. The summed E-state index contributed by atoms with van der Waals surface area (Å²) in [4.78, 5) is 20.8. The zero-order valence-corrected chi connectivity index (χ0v) is 18.0. The summed E-state index contributed by atoms with van der Waals surface area (Å²) in [6, 6.07) is 13.6. The molecule has 162 valence electrons. The highest BCUT2D eigenvalue weighted by atomic mass is 16.3. The summed E-state index contributed by atoms with van der Waals surface area (Å²) < 4.78 is 0. The molecular formula is C23H33N5O2. The van der Waals surface area contributed by atoms with Gasteiger partial charge in [0.25, 0.3) is 0 Å². The van der Waals surface area contributed by atoms with Gasteiger partial charge in [-0.1, -0.05) is 30.3 Å². The van der Waals surface area contributed by atoms with E-state index >= 15 is 0 Å². The number of hydrogen-bond acceptors (Lipinski definition) is 5. The van der Waals surface area contributed by atoms with Crippen molar-refractivity contribution < 1.29 is 9.90 Å². The van der Waals surface area contributed by atoms with E-state index in [-0.39, 0.29) is 6.03 Å². The Balaban J connectivity index is 1.37. The van der Waals surface area contributed by atoms with Crippen molar-refractivity contribution in [2.24, 2.45) is 0 Å². The van der Waals surface area contributed by atoms with Gasteiger partial charge in [-0.05, 0) is 31.4 Å². The molecule has 0 bridgehead atoms. The third kappa shape index (κ3) is 6.43. The highest BCUT2D eigenvalue weighted by Gasteiger charge is 2.32. The second-order valence-corrected chi connectivity index (χ2v) is 8.03. The average molecular weight is 412 g/mol. The van der Waals surface area contributed by atoms with Crippen LogP contribution in [0.1, 0.15) is 25.3 Å². The van der Waals surface area contributed by atoms with Crippen molar-refractivity contribution in [3.63, 3.8) is 0 Å². The number of carbonyl (C=O) groups is 1. The largest absolute Gasteiger partial charge is 0.389 e. The molecule has 0 radical (unpaired) electrons. The number of urea groups is 1. The van der Waals surface area contributed by atoms with E-state index in [2.05, 4.69) is 39.6 Å². The number of pyridine rings is 1. The molecule has 0 saturated carbocycles. The number of benzene rings is 1. The molecule has 1 aromatic heterocycles. The van der Waals surface area contributed by atoms with Crippen molar-refractivity contribution >= 4 is 17.5 Å². The number of nitrogens with zero attached hydrogens (tertiary/aromatic N) is 3. The molecule has 30 heavy (non-hydrogen) atoms. The fraction of sp³-hybridized carbons (Fsp3) is 0.478. The predicted octanol–water partition coefficient (Wildman–Crippen LogP) is 2.73. The molecule has 0 atom stereocenters. The molecule has 2 aromatic rings. The Morgan fingerprint density at radius 1 is 1.23 bits per heavy atom. The zero-order chi connectivity index (χ0) is 21.4. The Bertz CT molecular complexity index is 806. The highest BCUT2D eigenvalue weighted by molar-refractivity contribution is 5.89. The summed E-state index contributed by atoms with van der Waals surface area (Å²) in [5.41, 5.74) is 1.27. The van der Waals surface area contributed by atoms with Crippen LogP contribution in [0.3, 0.4) is 0 Å². The Kier molecular flexibility index (Phi) is 7.65. The van der Waals surface area contributed by atoms with Crippen molar-refractivity contribution in [1.29, 1.82) is 0 Å². The molecule has 7 nitrogen and oxygen atoms in total. The molecule has 1 fully saturated rings. The minimum Gasteiger partial charge on any atom is -0.389 e. The lowest BCUT2D eigenvalue weighted by Crippen LogP contribution is -2.47. The van der Waals surface area contributed by atoms with Crippen molar-refractivity contribution in [3.8, 4) is 0 Å². The van der Waals surface area contributed by atoms with Gasteiger partial charge in [-0.25, -0.2) is 9.78 Å². The summed E-state index contributed by atoms with van der Waals surface area (Å²) in [6.07, 6.45) is 3.89. The number of amides is 2. The van der Waals surface area contributed by atoms with Gasteiger partial charge in [0.15, 0.2) is 0 Å². The number of hydrogen-bond donors (Lipinski definition) is 3. The first-order chi connectivity index (χ1) is 14.5. The van der Waals surface area contributed by atoms with E-state index in [0.717, 1.165) is 50.5 Å². The lowest BCUT2D eigenvalue weighted by atomic mass is 9.85. The van der Waals surface area contributed by atoms with Crippen LogP contribution in [0, 0.1) is 0 Å². The number of piperidine rings is 1. The Hall–Kier alpha value is -2.64. The molecule has 1 saturated heterocycles. The van der Waals surface area contributed by atoms with E-state index in [9.17, 15) is 9.90 Å². The molecule has 0 spiro atoms. The third-order valence-electron chi connectivity index (χ3n) is 5.75. The van der Waals surface area contributed by atoms with E-state index in [0.29, 0.717) is 13.0 Å². The topological polar surface area (TPSA) is 80.7 Å². The highest BCUT2D eigenvalue weighted by Crippen LogP contribution is 2.26. The standard InChI is InChI=1S/C23H33N5O2/c1-3-27(2)21-17-20(9-12-24-21)26-22(29)25-13-16-28-14-10-23(30,11-15-28)18-19-7-5-4-6-8-19/h4-9,12,17,30H,3,10-11,13-16,18H2,1-2H3,(H2,24,25,26,29). The third-order valence-corrected chi connectivity index (χ3v) is 5.75. The van der Waals surface area contributed by atoms with Crippen LogP contribution in [0.5, 0.6) is 0 Å². The molecule has 1 aromatic carbocycles. The van der Waals surface area contributed by atoms with Crippen LogP contribution >= 0.6 is 0 Å². The quantitative estimate of drug-likeness (QED) is 0.622. The van der Waals surface area contributed by atoms with Crippen LogP contribution in [-0.2, 0) is 6.42 Å². The number of nitrogens with one attached hydrogen (secondary N) is 2. The fourth-order valence-corrected chi connectivity index (χ4v) is 3.72.